The number of methoxy groups -OCH3 is 1. The van der Waals surface area contributed by atoms with Crippen molar-refractivity contribution >= 4 is 17.5 Å². The van der Waals surface area contributed by atoms with Crippen molar-refractivity contribution in [2.45, 2.75) is 31.7 Å². The van der Waals surface area contributed by atoms with Gasteiger partial charge in [-0.3, -0.25) is 9.69 Å². The number of hydrogen-bond acceptors (Lipinski definition) is 4. The maximum atomic E-state index is 12.8. The molecule has 4 rings (SSSR count). The van der Waals surface area contributed by atoms with E-state index in [4.69, 9.17) is 16.3 Å². The highest BCUT2D eigenvalue weighted by atomic mass is 35.5. The molecule has 1 aliphatic heterocycles. The Morgan fingerprint density at radius 1 is 1.20 bits per heavy atom. The number of fused-ring (bicyclic) bond motifs is 2. The van der Waals surface area contributed by atoms with Gasteiger partial charge in [-0.25, -0.2) is 0 Å². The molecule has 1 aromatic carbocycles. The lowest BCUT2D eigenvalue weighted by Crippen LogP contribution is -2.53. The molecule has 1 heterocycles. The molecule has 0 spiro atoms. The third-order valence-electron chi connectivity index (χ3n) is 6.27. The molecule has 3 aliphatic rings. The molecule has 0 radical (unpaired) electrons. The Labute approximate surface area is 153 Å². The normalized spacial score (nSPS) is 29.2. The average molecular weight is 365 g/mol. The Morgan fingerprint density at radius 2 is 1.96 bits per heavy atom. The molecular weight excluding hydrogens is 340 g/mol. The molecule has 3 unspecified atom stereocenters. The molecule has 3 fully saturated rings. The van der Waals surface area contributed by atoms with Gasteiger partial charge in [0.2, 0.25) is 0 Å². The lowest BCUT2D eigenvalue weighted by molar-refractivity contribution is 0.0495. The van der Waals surface area contributed by atoms with Crippen LogP contribution in [0.4, 0.5) is 0 Å². The standard InChI is InChI=1S/C19H25ClN2O3/c1-25-17-11-14(10-15(20)18(17)23)19(24)22-6-4-21(5-7-22)16-9-12-2-3-13(16)8-12/h10-13,16,23H,2-9H2,1H3. The first-order chi connectivity index (χ1) is 12.1. The second-order valence-corrected chi connectivity index (χ2v) is 7.99. The van der Waals surface area contributed by atoms with Crippen LogP contribution in [-0.4, -0.2) is 60.1 Å². The van der Waals surface area contributed by atoms with E-state index in [0.717, 1.165) is 44.1 Å². The number of carbonyl (C=O) groups excluding carboxylic acids is 1. The lowest BCUT2D eigenvalue weighted by Gasteiger charge is -2.41. The van der Waals surface area contributed by atoms with Crippen molar-refractivity contribution < 1.29 is 14.6 Å². The van der Waals surface area contributed by atoms with Crippen LogP contribution in [0.2, 0.25) is 5.02 Å². The number of ether oxygens (including phenoxy) is 1. The fourth-order valence-electron chi connectivity index (χ4n) is 4.95. The highest BCUT2D eigenvalue weighted by Gasteiger charge is 2.43. The van der Waals surface area contributed by atoms with Gasteiger partial charge in [-0.2, -0.15) is 0 Å². The van der Waals surface area contributed by atoms with Gasteiger partial charge < -0.3 is 14.7 Å². The fourth-order valence-corrected chi connectivity index (χ4v) is 5.16. The largest absolute Gasteiger partial charge is 0.503 e. The van der Waals surface area contributed by atoms with E-state index in [9.17, 15) is 9.90 Å². The van der Waals surface area contributed by atoms with E-state index < -0.39 is 0 Å². The third kappa shape index (κ3) is 3.08. The summed E-state index contributed by atoms with van der Waals surface area (Å²) in [6.45, 7) is 3.38. The molecular formula is C19H25ClN2O3. The van der Waals surface area contributed by atoms with Crippen molar-refractivity contribution in [2.24, 2.45) is 11.8 Å². The first-order valence-corrected chi connectivity index (χ1v) is 9.54. The second kappa shape index (κ2) is 6.69. The Kier molecular flexibility index (Phi) is 4.54. The molecule has 0 aromatic heterocycles. The number of rotatable bonds is 3. The van der Waals surface area contributed by atoms with Gasteiger partial charge in [-0.15, -0.1) is 0 Å². The Morgan fingerprint density at radius 3 is 2.56 bits per heavy atom. The van der Waals surface area contributed by atoms with Crippen LogP contribution >= 0.6 is 11.6 Å². The summed E-state index contributed by atoms with van der Waals surface area (Å²) in [6, 6.07) is 3.81. The number of aromatic hydroxyl groups is 1. The van der Waals surface area contributed by atoms with Gasteiger partial charge in [0.25, 0.3) is 5.91 Å². The smallest absolute Gasteiger partial charge is 0.254 e. The van der Waals surface area contributed by atoms with E-state index in [0.29, 0.717) is 5.56 Å². The SMILES string of the molecule is COc1cc(C(=O)N2CCN(C3CC4CCC3C4)CC2)cc(Cl)c1O. The van der Waals surface area contributed by atoms with E-state index >= 15 is 0 Å². The van der Waals surface area contributed by atoms with Gasteiger partial charge in [0.05, 0.1) is 12.1 Å². The first-order valence-electron chi connectivity index (χ1n) is 9.16. The number of piperazine rings is 1. The molecule has 2 bridgehead atoms. The highest BCUT2D eigenvalue weighted by molar-refractivity contribution is 6.32. The summed E-state index contributed by atoms with van der Waals surface area (Å²) >= 11 is 6.02. The minimum absolute atomic E-state index is 0.0483. The number of halogens is 1. The molecule has 5 nitrogen and oxygen atoms in total. The predicted octanol–water partition coefficient (Wildman–Crippen LogP) is 3.00. The Hall–Kier alpha value is -1.46. The van der Waals surface area contributed by atoms with Crippen LogP contribution in [-0.2, 0) is 0 Å². The van der Waals surface area contributed by atoms with Crippen LogP contribution in [0.1, 0.15) is 36.0 Å². The summed E-state index contributed by atoms with van der Waals surface area (Å²) < 4.78 is 5.10. The van der Waals surface area contributed by atoms with E-state index in [1.165, 1.54) is 38.9 Å². The van der Waals surface area contributed by atoms with Crippen LogP contribution < -0.4 is 4.74 Å². The first kappa shape index (κ1) is 17.0. The van der Waals surface area contributed by atoms with Crippen LogP contribution in [0.25, 0.3) is 0 Å². The topological polar surface area (TPSA) is 53.0 Å². The van der Waals surface area contributed by atoms with Crippen molar-refractivity contribution in [1.82, 2.24) is 9.80 Å². The third-order valence-corrected chi connectivity index (χ3v) is 6.55. The minimum Gasteiger partial charge on any atom is -0.503 e. The Balaban J connectivity index is 1.41. The van der Waals surface area contributed by atoms with Crippen molar-refractivity contribution in [2.75, 3.05) is 33.3 Å². The van der Waals surface area contributed by atoms with Gasteiger partial charge in [0.15, 0.2) is 11.5 Å². The number of hydrogen-bond donors (Lipinski definition) is 1. The zero-order valence-corrected chi connectivity index (χ0v) is 15.3. The number of phenols is 1. The van der Waals surface area contributed by atoms with Crippen molar-refractivity contribution in [1.29, 1.82) is 0 Å². The van der Waals surface area contributed by atoms with Gasteiger partial charge in [-0.1, -0.05) is 18.0 Å². The summed E-state index contributed by atoms with van der Waals surface area (Å²) in [6.07, 6.45) is 5.57. The number of amides is 1. The van der Waals surface area contributed by atoms with Crippen LogP contribution in [0.5, 0.6) is 11.5 Å². The Bertz CT molecular complexity index is 673. The maximum absolute atomic E-state index is 12.8. The maximum Gasteiger partial charge on any atom is 0.254 e. The summed E-state index contributed by atoms with van der Waals surface area (Å²) in [5.41, 5.74) is 0.466. The molecule has 136 valence electrons. The van der Waals surface area contributed by atoms with E-state index in [1.54, 1.807) is 6.07 Å². The fraction of sp³-hybridized carbons (Fsp3) is 0.632. The molecule has 2 saturated carbocycles. The number of benzene rings is 1. The van der Waals surface area contributed by atoms with Crippen molar-refractivity contribution in [3.63, 3.8) is 0 Å². The van der Waals surface area contributed by atoms with Crippen LogP contribution in [0, 0.1) is 11.8 Å². The summed E-state index contributed by atoms with van der Waals surface area (Å²) in [4.78, 5) is 17.3. The zero-order chi connectivity index (χ0) is 17.6. The molecule has 1 saturated heterocycles. The summed E-state index contributed by atoms with van der Waals surface area (Å²) in [5, 5.41) is 9.98. The quantitative estimate of drug-likeness (QED) is 0.895. The van der Waals surface area contributed by atoms with Gasteiger partial charge in [-0.05, 0) is 43.2 Å². The van der Waals surface area contributed by atoms with Gasteiger partial charge >= 0.3 is 0 Å². The monoisotopic (exact) mass is 364 g/mol. The second-order valence-electron chi connectivity index (χ2n) is 7.58. The average Bonchev–Trinajstić information content (AvgIpc) is 3.27. The van der Waals surface area contributed by atoms with Gasteiger partial charge in [0, 0.05) is 37.8 Å². The highest BCUT2D eigenvalue weighted by Crippen LogP contribution is 2.46. The number of phenolic OH excluding ortho intramolecular Hbond substituents is 1. The van der Waals surface area contributed by atoms with E-state index in [-0.39, 0.29) is 22.4 Å². The van der Waals surface area contributed by atoms with E-state index in [1.807, 2.05) is 4.90 Å². The number of carbonyl (C=O) groups is 1. The molecule has 3 atom stereocenters. The molecule has 6 heteroatoms. The summed E-state index contributed by atoms with van der Waals surface area (Å²) in [7, 11) is 1.45. The van der Waals surface area contributed by atoms with Crippen LogP contribution in [0.3, 0.4) is 0 Å². The van der Waals surface area contributed by atoms with Crippen LogP contribution in [0.15, 0.2) is 12.1 Å². The molecule has 25 heavy (non-hydrogen) atoms. The zero-order valence-electron chi connectivity index (χ0n) is 14.6. The van der Waals surface area contributed by atoms with Gasteiger partial charge in [0.1, 0.15) is 0 Å². The summed E-state index contributed by atoms with van der Waals surface area (Å²) in [5.74, 6) is 1.89. The van der Waals surface area contributed by atoms with E-state index in [2.05, 4.69) is 4.90 Å². The lowest BCUT2D eigenvalue weighted by atomic mass is 9.93. The number of nitrogens with zero attached hydrogens (tertiary/aromatic N) is 2. The van der Waals surface area contributed by atoms with Crippen molar-refractivity contribution in [3.8, 4) is 11.5 Å². The minimum atomic E-state index is -0.123. The molecule has 1 aromatic rings. The molecule has 2 aliphatic carbocycles. The predicted molar refractivity (Wildman–Crippen MR) is 96.4 cm³/mol. The van der Waals surface area contributed by atoms with Crippen molar-refractivity contribution in [3.05, 3.63) is 22.7 Å². The molecule has 1 N–H and O–H groups in total. The molecule has 1 amide bonds.